The molecule has 0 unspecified atom stereocenters. The molecule has 0 fully saturated rings. The second kappa shape index (κ2) is 9.05. The molecule has 0 atom stereocenters. The molecule has 0 saturated heterocycles. The summed E-state index contributed by atoms with van der Waals surface area (Å²) in [6, 6.07) is 0. The molecule has 0 bridgehead atoms. The summed E-state index contributed by atoms with van der Waals surface area (Å²) < 4.78 is 4.90. The van der Waals surface area contributed by atoms with Gasteiger partial charge in [-0.15, -0.1) is 11.3 Å². The second-order valence-electron chi connectivity index (χ2n) is 4.05. The monoisotopic (exact) mass is 270 g/mol. The molecule has 0 aliphatic heterocycles. The van der Waals surface area contributed by atoms with E-state index in [0.29, 0.717) is 12.3 Å². The summed E-state index contributed by atoms with van der Waals surface area (Å²) in [5, 5.41) is 6.14. The van der Waals surface area contributed by atoms with Crippen molar-refractivity contribution in [3.8, 4) is 0 Å². The Labute approximate surface area is 113 Å². The van der Waals surface area contributed by atoms with Crippen molar-refractivity contribution in [3.63, 3.8) is 0 Å². The molecular weight excluding hydrogens is 248 g/mol. The van der Waals surface area contributed by atoms with E-state index in [9.17, 15) is 4.79 Å². The highest BCUT2D eigenvalue weighted by Gasteiger charge is 2.10. The van der Waals surface area contributed by atoms with E-state index in [1.54, 1.807) is 12.3 Å². The van der Waals surface area contributed by atoms with Gasteiger partial charge in [-0.05, 0) is 19.9 Å². The maximum Gasteiger partial charge on any atom is 0.357 e. The first kappa shape index (κ1) is 15.1. The summed E-state index contributed by atoms with van der Waals surface area (Å²) in [7, 11) is 0. The Morgan fingerprint density at radius 2 is 2.22 bits per heavy atom. The van der Waals surface area contributed by atoms with Gasteiger partial charge in [0.05, 0.1) is 11.6 Å². The zero-order chi connectivity index (χ0) is 13.2. The van der Waals surface area contributed by atoms with Crippen LogP contribution in [0.25, 0.3) is 0 Å². The fourth-order valence-corrected chi connectivity index (χ4v) is 2.31. The van der Waals surface area contributed by atoms with Crippen LogP contribution in [-0.4, -0.2) is 30.6 Å². The summed E-state index contributed by atoms with van der Waals surface area (Å²) >= 11 is 1.52. The van der Waals surface area contributed by atoms with Gasteiger partial charge in [0.15, 0.2) is 5.69 Å². The van der Waals surface area contributed by atoms with E-state index in [-0.39, 0.29) is 5.97 Å². The maximum absolute atomic E-state index is 11.4. The molecule has 1 N–H and O–H groups in total. The summed E-state index contributed by atoms with van der Waals surface area (Å²) in [6.07, 6.45) is 4.62. The summed E-state index contributed by atoms with van der Waals surface area (Å²) in [4.78, 5) is 15.7. The van der Waals surface area contributed by atoms with E-state index >= 15 is 0 Å². The molecule has 0 radical (unpaired) electrons. The maximum atomic E-state index is 11.4. The molecule has 0 aromatic carbocycles. The molecule has 1 rings (SSSR count). The number of aromatic nitrogens is 1. The highest BCUT2D eigenvalue weighted by Crippen LogP contribution is 2.11. The lowest BCUT2D eigenvalue weighted by Crippen LogP contribution is -2.18. The average molecular weight is 270 g/mol. The van der Waals surface area contributed by atoms with Gasteiger partial charge in [-0.3, -0.25) is 0 Å². The van der Waals surface area contributed by atoms with Gasteiger partial charge in [-0.2, -0.15) is 0 Å². The molecule has 1 heterocycles. The lowest BCUT2D eigenvalue weighted by Gasteiger charge is -2.01. The molecule has 0 aliphatic carbocycles. The van der Waals surface area contributed by atoms with E-state index in [1.165, 1.54) is 30.6 Å². The van der Waals surface area contributed by atoms with Crippen LogP contribution in [0.3, 0.4) is 0 Å². The molecular formula is C13H22N2O2S. The smallest absolute Gasteiger partial charge is 0.357 e. The minimum Gasteiger partial charge on any atom is -0.461 e. The Hall–Kier alpha value is -0.940. The number of unbranched alkanes of at least 4 members (excludes halogenated alkanes) is 2. The number of ether oxygens (including phenoxy) is 1. The van der Waals surface area contributed by atoms with Crippen molar-refractivity contribution in [2.75, 3.05) is 19.7 Å². The third-order valence-electron chi connectivity index (χ3n) is 2.51. The number of hydrogen-bond acceptors (Lipinski definition) is 5. The number of thiazole rings is 1. The fourth-order valence-electron chi connectivity index (χ4n) is 1.54. The lowest BCUT2D eigenvalue weighted by molar-refractivity contribution is 0.0520. The quantitative estimate of drug-likeness (QED) is 0.553. The topological polar surface area (TPSA) is 51.2 Å². The van der Waals surface area contributed by atoms with E-state index in [0.717, 1.165) is 24.5 Å². The van der Waals surface area contributed by atoms with E-state index in [1.807, 2.05) is 0 Å². The Bertz CT molecular complexity index is 353. The Kier molecular flexibility index (Phi) is 7.60. The highest BCUT2D eigenvalue weighted by molar-refractivity contribution is 7.09. The van der Waals surface area contributed by atoms with Crippen molar-refractivity contribution in [3.05, 3.63) is 16.1 Å². The van der Waals surface area contributed by atoms with Crippen molar-refractivity contribution >= 4 is 17.3 Å². The summed E-state index contributed by atoms with van der Waals surface area (Å²) in [5.41, 5.74) is 0.433. The predicted molar refractivity (Wildman–Crippen MR) is 74.2 cm³/mol. The van der Waals surface area contributed by atoms with Crippen molar-refractivity contribution in [1.29, 1.82) is 0 Å². The number of nitrogens with one attached hydrogen (secondary N) is 1. The SMILES string of the molecule is CCCCCNCCc1nc(C(=O)OCC)cs1. The van der Waals surface area contributed by atoms with Gasteiger partial charge in [0, 0.05) is 18.3 Å². The number of rotatable bonds is 9. The van der Waals surface area contributed by atoms with Crippen LogP contribution in [-0.2, 0) is 11.2 Å². The number of carbonyl (C=O) groups is 1. The van der Waals surface area contributed by atoms with Crippen molar-refractivity contribution < 1.29 is 9.53 Å². The van der Waals surface area contributed by atoms with Gasteiger partial charge >= 0.3 is 5.97 Å². The molecule has 1 aromatic heterocycles. The van der Waals surface area contributed by atoms with Gasteiger partial charge < -0.3 is 10.1 Å². The molecule has 4 nitrogen and oxygen atoms in total. The van der Waals surface area contributed by atoms with Crippen molar-refractivity contribution in [2.45, 2.75) is 39.5 Å². The lowest BCUT2D eigenvalue weighted by atomic mass is 10.2. The first-order valence-corrected chi connectivity index (χ1v) is 7.48. The molecule has 18 heavy (non-hydrogen) atoms. The summed E-state index contributed by atoms with van der Waals surface area (Å²) in [6.45, 7) is 6.37. The minimum atomic E-state index is -0.323. The van der Waals surface area contributed by atoms with E-state index < -0.39 is 0 Å². The normalized spacial score (nSPS) is 10.6. The minimum absolute atomic E-state index is 0.323. The van der Waals surface area contributed by atoms with Crippen LogP contribution >= 0.6 is 11.3 Å². The van der Waals surface area contributed by atoms with Crippen molar-refractivity contribution in [1.82, 2.24) is 10.3 Å². The summed E-state index contributed by atoms with van der Waals surface area (Å²) in [5.74, 6) is -0.323. The van der Waals surface area contributed by atoms with Crippen LogP contribution < -0.4 is 5.32 Å². The van der Waals surface area contributed by atoms with Crippen molar-refractivity contribution in [2.24, 2.45) is 0 Å². The van der Waals surface area contributed by atoms with Gasteiger partial charge in [0.25, 0.3) is 0 Å². The number of carbonyl (C=O) groups excluding carboxylic acids is 1. The van der Waals surface area contributed by atoms with Gasteiger partial charge in [0.1, 0.15) is 0 Å². The van der Waals surface area contributed by atoms with Crippen LogP contribution in [0.1, 0.15) is 48.6 Å². The van der Waals surface area contributed by atoms with Crippen LogP contribution in [0.4, 0.5) is 0 Å². The molecule has 102 valence electrons. The van der Waals surface area contributed by atoms with Crippen LogP contribution in [0.5, 0.6) is 0 Å². The van der Waals surface area contributed by atoms with Gasteiger partial charge in [0.2, 0.25) is 0 Å². The Morgan fingerprint density at radius 3 is 2.94 bits per heavy atom. The second-order valence-corrected chi connectivity index (χ2v) is 5.00. The first-order valence-electron chi connectivity index (χ1n) is 6.60. The largest absolute Gasteiger partial charge is 0.461 e. The van der Waals surface area contributed by atoms with Crippen LogP contribution in [0, 0.1) is 0 Å². The number of esters is 1. The number of nitrogens with zero attached hydrogens (tertiary/aromatic N) is 1. The predicted octanol–water partition coefficient (Wildman–Crippen LogP) is 2.64. The molecule has 0 saturated carbocycles. The Morgan fingerprint density at radius 1 is 1.39 bits per heavy atom. The average Bonchev–Trinajstić information content (AvgIpc) is 2.83. The van der Waals surface area contributed by atoms with Crippen LogP contribution in [0.15, 0.2) is 5.38 Å². The van der Waals surface area contributed by atoms with Crippen LogP contribution in [0.2, 0.25) is 0 Å². The zero-order valence-corrected chi connectivity index (χ0v) is 12.0. The molecule has 0 amide bonds. The molecule has 5 heteroatoms. The van der Waals surface area contributed by atoms with E-state index in [4.69, 9.17) is 4.74 Å². The molecule has 1 aromatic rings. The Balaban J connectivity index is 2.21. The molecule has 0 aliphatic rings. The van der Waals surface area contributed by atoms with Gasteiger partial charge in [-0.25, -0.2) is 9.78 Å². The standard InChI is InChI=1S/C13H22N2O2S/c1-3-5-6-8-14-9-7-12-15-11(10-18-12)13(16)17-4-2/h10,14H,3-9H2,1-2H3. The third kappa shape index (κ3) is 5.60. The highest BCUT2D eigenvalue weighted by atomic mass is 32.1. The molecule has 0 spiro atoms. The van der Waals surface area contributed by atoms with E-state index in [2.05, 4.69) is 17.2 Å². The van der Waals surface area contributed by atoms with Gasteiger partial charge in [-0.1, -0.05) is 19.8 Å². The number of hydrogen-bond donors (Lipinski definition) is 1. The first-order chi connectivity index (χ1) is 8.77. The zero-order valence-electron chi connectivity index (χ0n) is 11.2. The fraction of sp³-hybridized carbons (Fsp3) is 0.692. The third-order valence-corrected chi connectivity index (χ3v) is 3.42.